The topological polar surface area (TPSA) is 50.9 Å². The number of fused-ring (bicyclic) bond motifs is 2. The van der Waals surface area contributed by atoms with Crippen LogP contribution in [0.5, 0.6) is 0 Å². The van der Waals surface area contributed by atoms with Crippen LogP contribution in [-0.4, -0.2) is 26.5 Å². The van der Waals surface area contributed by atoms with Gasteiger partial charge >= 0.3 is 0 Å². The van der Waals surface area contributed by atoms with Gasteiger partial charge in [-0.2, -0.15) is 0 Å². The summed E-state index contributed by atoms with van der Waals surface area (Å²) >= 11 is 0. The summed E-state index contributed by atoms with van der Waals surface area (Å²) in [6.07, 6.45) is 1.89. The second-order valence-electron chi connectivity index (χ2n) is 5.70. The summed E-state index contributed by atoms with van der Waals surface area (Å²) in [5, 5.41) is 20.5. The van der Waals surface area contributed by atoms with Crippen LogP contribution in [0, 0.1) is 5.92 Å². The van der Waals surface area contributed by atoms with E-state index in [0.29, 0.717) is 5.92 Å². The van der Waals surface area contributed by atoms with Gasteiger partial charge in [-0.3, -0.25) is 0 Å². The van der Waals surface area contributed by atoms with Crippen LogP contribution in [0.1, 0.15) is 12.2 Å². The lowest BCUT2D eigenvalue weighted by molar-refractivity contribution is 0.191. The van der Waals surface area contributed by atoms with Crippen molar-refractivity contribution in [1.82, 2.24) is 14.8 Å². The van der Waals surface area contributed by atoms with Crippen molar-refractivity contribution in [3.8, 4) is 11.4 Å². The molecule has 3 aromatic rings. The molecule has 1 unspecified atom stereocenters. The SMILES string of the molecule is OCC1CCc2nnc(-c3ccc4ccccc4c3)n2C1. The molecule has 1 aliphatic rings. The number of hydrogen-bond acceptors (Lipinski definition) is 3. The molecule has 0 amide bonds. The van der Waals surface area contributed by atoms with Crippen molar-refractivity contribution in [2.75, 3.05) is 6.61 Å². The highest BCUT2D eigenvalue weighted by Gasteiger charge is 2.22. The first kappa shape index (κ1) is 12.5. The molecule has 1 N–H and O–H groups in total. The standard InChI is InChI=1S/C17H17N3O/c21-11-12-5-8-16-18-19-17(20(16)10-12)15-7-6-13-3-1-2-4-14(13)9-15/h1-4,6-7,9,12,21H,5,8,10-11H2. The maximum atomic E-state index is 9.40. The number of aromatic nitrogens is 3. The molecular formula is C17H17N3O. The van der Waals surface area contributed by atoms with Crippen molar-refractivity contribution in [2.24, 2.45) is 5.92 Å². The highest BCUT2D eigenvalue weighted by molar-refractivity contribution is 5.86. The van der Waals surface area contributed by atoms with E-state index in [-0.39, 0.29) is 6.61 Å². The second kappa shape index (κ2) is 4.97. The number of aliphatic hydroxyl groups excluding tert-OH is 1. The zero-order valence-corrected chi connectivity index (χ0v) is 11.7. The summed E-state index contributed by atoms with van der Waals surface area (Å²) < 4.78 is 2.16. The number of hydrogen-bond donors (Lipinski definition) is 1. The maximum absolute atomic E-state index is 9.40. The van der Waals surface area contributed by atoms with Gasteiger partial charge in [-0.15, -0.1) is 10.2 Å². The minimum atomic E-state index is 0.231. The summed E-state index contributed by atoms with van der Waals surface area (Å²) in [7, 11) is 0. The van der Waals surface area contributed by atoms with Crippen molar-refractivity contribution < 1.29 is 5.11 Å². The van der Waals surface area contributed by atoms with Gasteiger partial charge in [0, 0.05) is 31.1 Å². The van der Waals surface area contributed by atoms with Gasteiger partial charge in [-0.05, 0) is 23.3 Å². The summed E-state index contributed by atoms with van der Waals surface area (Å²) in [5.74, 6) is 2.25. The van der Waals surface area contributed by atoms with Gasteiger partial charge in [0.05, 0.1) is 0 Å². The van der Waals surface area contributed by atoms with Crippen molar-refractivity contribution in [1.29, 1.82) is 0 Å². The molecule has 4 nitrogen and oxygen atoms in total. The molecule has 1 aromatic heterocycles. The number of aliphatic hydroxyl groups is 1. The Morgan fingerprint density at radius 1 is 1.10 bits per heavy atom. The normalized spacial score (nSPS) is 17.9. The van der Waals surface area contributed by atoms with Gasteiger partial charge in [-0.1, -0.05) is 36.4 Å². The summed E-state index contributed by atoms with van der Waals surface area (Å²) in [6, 6.07) is 14.7. The molecule has 21 heavy (non-hydrogen) atoms. The minimum Gasteiger partial charge on any atom is -0.396 e. The maximum Gasteiger partial charge on any atom is 0.163 e. The fourth-order valence-corrected chi connectivity index (χ4v) is 3.09. The van der Waals surface area contributed by atoms with E-state index in [4.69, 9.17) is 0 Å². The lowest BCUT2D eigenvalue weighted by Gasteiger charge is -2.22. The Morgan fingerprint density at radius 3 is 2.81 bits per heavy atom. The Balaban J connectivity index is 1.80. The lowest BCUT2D eigenvalue weighted by atomic mass is 10.00. The van der Waals surface area contributed by atoms with Crippen LogP contribution in [0.25, 0.3) is 22.2 Å². The molecule has 0 fully saturated rings. The molecule has 4 heteroatoms. The Labute approximate surface area is 123 Å². The first-order valence-electron chi connectivity index (χ1n) is 7.37. The quantitative estimate of drug-likeness (QED) is 0.784. The summed E-state index contributed by atoms with van der Waals surface area (Å²) in [5.41, 5.74) is 1.09. The van der Waals surface area contributed by atoms with Crippen LogP contribution in [0.4, 0.5) is 0 Å². The Morgan fingerprint density at radius 2 is 1.95 bits per heavy atom. The molecule has 0 spiro atoms. The van der Waals surface area contributed by atoms with Crippen LogP contribution in [0.2, 0.25) is 0 Å². The average molecular weight is 279 g/mol. The number of aryl methyl sites for hydroxylation is 1. The Bertz CT molecular complexity index is 794. The Hall–Kier alpha value is -2.20. The molecule has 1 atom stereocenters. The predicted molar refractivity (Wildman–Crippen MR) is 81.9 cm³/mol. The third-order valence-corrected chi connectivity index (χ3v) is 4.31. The zero-order chi connectivity index (χ0) is 14.2. The third kappa shape index (κ3) is 2.12. The van der Waals surface area contributed by atoms with E-state index in [1.54, 1.807) is 0 Å². The number of nitrogens with zero attached hydrogens (tertiary/aromatic N) is 3. The molecule has 1 aliphatic heterocycles. The minimum absolute atomic E-state index is 0.231. The number of benzene rings is 2. The third-order valence-electron chi connectivity index (χ3n) is 4.31. The van der Waals surface area contributed by atoms with E-state index in [9.17, 15) is 5.11 Å². The zero-order valence-electron chi connectivity index (χ0n) is 11.7. The van der Waals surface area contributed by atoms with Gasteiger partial charge in [0.15, 0.2) is 5.82 Å². The van der Waals surface area contributed by atoms with Gasteiger partial charge in [-0.25, -0.2) is 0 Å². The van der Waals surface area contributed by atoms with Crippen LogP contribution >= 0.6 is 0 Å². The van der Waals surface area contributed by atoms with Crippen LogP contribution in [-0.2, 0) is 13.0 Å². The van der Waals surface area contributed by atoms with Crippen LogP contribution < -0.4 is 0 Å². The second-order valence-corrected chi connectivity index (χ2v) is 5.70. The molecule has 0 radical (unpaired) electrons. The Kier molecular flexibility index (Phi) is 2.97. The molecule has 0 aliphatic carbocycles. The highest BCUT2D eigenvalue weighted by atomic mass is 16.3. The monoisotopic (exact) mass is 279 g/mol. The van der Waals surface area contributed by atoms with Crippen molar-refractivity contribution in [2.45, 2.75) is 19.4 Å². The van der Waals surface area contributed by atoms with Gasteiger partial charge in [0.2, 0.25) is 0 Å². The number of rotatable bonds is 2. The van der Waals surface area contributed by atoms with Gasteiger partial charge in [0.25, 0.3) is 0 Å². The van der Waals surface area contributed by atoms with E-state index < -0.39 is 0 Å². The highest BCUT2D eigenvalue weighted by Crippen LogP contribution is 2.27. The van der Waals surface area contributed by atoms with E-state index in [1.807, 2.05) is 12.1 Å². The smallest absolute Gasteiger partial charge is 0.163 e. The fourth-order valence-electron chi connectivity index (χ4n) is 3.09. The lowest BCUT2D eigenvalue weighted by Crippen LogP contribution is -2.23. The fraction of sp³-hybridized carbons (Fsp3) is 0.294. The first-order chi connectivity index (χ1) is 10.3. The molecule has 0 saturated carbocycles. The molecule has 0 bridgehead atoms. The van der Waals surface area contributed by atoms with E-state index in [1.165, 1.54) is 10.8 Å². The average Bonchev–Trinajstić information content (AvgIpc) is 2.97. The summed E-state index contributed by atoms with van der Waals surface area (Å²) in [4.78, 5) is 0. The predicted octanol–water partition coefficient (Wildman–Crippen LogP) is 2.65. The van der Waals surface area contributed by atoms with Crippen LogP contribution in [0.3, 0.4) is 0 Å². The van der Waals surface area contributed by atoms with E-state index >= 15 is 0 Å². The van der Waals surface area contributed by atoms with Crippen LogP contribution in [0.15, 0.2) is 42.5 Å². The van der Waals surface area contributed by atoms with E-state index in [2.05, 4.69) is 45.1 Å². The molecule has 106 valence electrons. The van der Waals surface area contributed by atoms with Gasteiger partial charge < -0.3 is 9.67 Å². The molecule has 4 rings (SSSR count). The van der Waals surface area contributed by atoms with Crippen molar-refractivity contribution in [3.05, 3.63) is 48.3 Å². The van der Waals surface area contributed by atoms with Gasteiger partial charge in [0.1, 0.15) is 5.82 Å². The first-order valence-corrected chi connectivity index (χ1v) is 7.37. The largest absolute Gasteiger partial charge is 0.396 e. The molecular weight excluding hydrogens is 262 g/mol. The van der Waals surface area contributed by atoms with Crippen molar-refractivity contribution in [3.63, 3.8) is 0 Å². The molecule has 2 aromatic carbocycles. The van der Waals surface area contributed by atoms with Crippen molar-refractivity contribution >= 4 is 10.8 Å². The molecule has 0 saturated heterocycles. The summed E-state index contributed by atoms with van der Waals surface area (Å²) in [6.45, 7) is 1.04. The van der Waals surface area contributed by atoms with E-state index in [0.717, 1.165) is 36.6 Å². The molecule has 2 heterocycles.